The van der Waals surface area contributed by atoms with E-state index in [4.69, 9.17) is 0 Å². The molecule has 0 bridgehead atoms. The van der Waals surface area contributed by atoms with Crippen molar-refractivity contribution in [2.45, 2.75) is 24.9 Å². The molecule has 1 aliphatic heterocycles. The maximum atomic E-state index is 13.4. The van der Waals surface area contributed by atoms with Crippen molar-refractivity contribution in [3.63, 3.8) is 0 Å². The van der Waals surface area contributed by atoms with Gasteiger partial charge in [0.05, 0.1) is 10.6 Å². The Balaban J connectivity index is 1.94. The predicted molar refractivity (Wildman–Crippen MR) is 88.3 cm³/mol. The van der Waals surface area contributed by atoms with Gasteiger partial charge in [-0.15, -0.1) is 0 Å². The minimum atomic E-state index is -3.94. The highest BCUT2D eigenvalue weighted by Crippen LogP contribution is 2.28. The van der Waals surface area contributed by atoms with Crippen LogP contribution in [0.2, 0.25) is 0 Å². The van der Waals surface area contributed by atoms with Crippen molar-refractivity contribution in [2.75, 3.05) is 11.4 Å². The third-order valence-electron chi connectivity index (χ3n) is 4.27. The average Bonchev–Trinajstić information content (AvgIpc) is 3.00. The topological polar surface area (TPSA) is 57.7 Å². The van der Waals surface area contributed by atoms with E-state index in [-0.39, 0.29) is 16.5 Å². The molecular weight excluding hydrogens is 350 g/mol. The van der Waals surface area contributed by atoms with Crippen LogP contribution in [0.15, 0.2) is 41.3 Å². The van der Waals surface area contributed by atoms with Crippen LogP contribution in [-0.2, 0) is 27.9 Å². The second-order valence-electron chi connectivity index (χ2n) is 5.88. The number of carbonyl (C=O) groups excluding carboxylic acids is 1. The molecule has 0 aliphatic carbocycles. The summed E-state index contributed by atoms with van der Waals surface area (Å²) in [6.45, 7) is 2.26. The number of hydrogen-bond donors (Lipinski definition) is 0. The summed E-state index contributed by atoms with van der Waals surface area (Å²) in [5.74, 6) is -2.25. The Morgan fingerprint density at radius 3 is 2.36 bits per heavy atom. The lowest BCUT2D eigenvalue weighted by Gasteiger charge is -2.20. The van der Waals surface area contributed by atoms with Crippen molar-refractivity contribution in [3.05, 3.63) is 59.2 Å². The summed E-state index contributed by atoms with van der Waals surface area (Å²) in [6.07, 6.45) is 0. The summed E-state index contributed by atoms with van der Waals surface area (Å²) in [6, 6.07) is 7.55. The van der Waals surface area contributed by atoms with E-state index in [1.165, 1.54) is 32.2 Å². The molecule has 2 aromatic rings. The molecule has 0 fully saturated rings. The molecule has 2 aromatic carbocycles. The summed E-state index contributed by atoms with van der Waals surface area (Å²) < 4.78 is 52.9. The van der Waals surface area contributed by atoms with Gasteiger partial charge in [-0.2, -0.15) is 0 Å². The van der Waals surface area contributed by atoms with Crippen molar-refractivity contribution in [3.8, 4) is 0 Å². The maximum Gasteiger partial charge on any atom is 0.264 e. The van der Waals surface area contributed by atoms with E-state index < -0.39 is 21.7 Å². The number of carbonyl (C=O) groups is 1. The fraction of sp³-hybridized carbons (Fsp3) is 0.235. The van der Waals surface area contributed by atoms with E-state index in [9.17, 15) is 22.0 Å². The molecule has 0 aromatic heterocycles. The lowest BCUT2D eigenvalue weighted by Crippen LogP contribution is -2.26. The average molecular weight is 366 g/mol. The van der Waals surface area contributed by atoms with E-state index in [1.807, 2.05) is 0 Å². The predicted octanol–water partition coefficient (Wildman–Crippen LogP) is 2.65. The quantitative estimate of drug-likeness (QED) is 0.839. The first kappa shape index (κ1) is 17.3. The molecule has 0 unspecified atom stereocenters. The van der Waals surface area contributed by atoms with Crippen molar-refractivity contribution in [1.29, 1.82) is 0 Å². The fourth-order valence-corrected chi connectivity index (χ4v) is 3.97. The summed E-state index contributed by atoms with van der Waals surface area (Å²) in [4.78, 5) is 13.1. The van der Waals surface area contributed by atoms with Gasteiger partial charge in [0.25, 0.3) is 10.0 Å². The Hall–Kier alpha value is -2.48. The second-order valence-corrected chi connectivity index (χ2v) is 7.85. The monoisotopic (exact) mass is 366 g/mol. The molecule has 0 atom stereocenters. The van der Waals surface area contributed by atoms with E-state index >= 15 is 0 Å². The summed E-state index contributed by atoms with van der Waals surface area (Å²) >= 11 is 0. The van der Waals surface area contributed by atoms with Crippen LogP contribution in [0.25, 0.3) is 0 Å². The van der Waals surface area contributed by atoms with Gasteiger partial charge >= 0.3 is 0 Å². The third-order valence-corrected chi connectivity index (χ3v) is 6.05. The van der Waals surface area contributed by atoms with Gasteiger partial charge in [0.15, 0.2) is 11.6 Å². The Bertz CT molecular complexity index is 960. The van der Waals surface area contributed by atoms with Crippen LogP contribution < -0.4 is 4.31 Å². The molecule has 0 radical (unpaired) electrons. The Morgan fingerprint density at radius 2 is 1.72 bits per heavy atom. The standard InChI is InChI=1S/C17H16F2N2O3S/c1-11(22)21-9-12-3-5-15(7-13(12)10-21)25(23,24)20(2)14-4-6-16(18)17(19)8-14/h3-8H,9-10H2,1-2H3. The fourth-order valence-electron chi connectivity index (χ4n) is 2.73. The Morgan fingerprint density at radius 1 is 1.04 bits per heavy atom. The summed E-state index contributed by atoms with van der Waals surface area (Å²) in [5.41, 5.74) is 1.67. The number of sulfonamides is 1. The zero-order chi connectivity index (χ0) is 18.4. The highest BCUT2D eigenvalue weighted by atomic mass is 32.2. The number of anilines is 1. The summed E-state index contributed by atoms with van der Waals surface area (Å²) in [7, 11) is -2.67. The van der Waals surface area contributed by atoms with E-state index in [1.54, 1.807) is 11.0 Å². The molecule has 3 rings (SSSR count). The van der Waals surface area contributed by atoms with Gasteiger partial charge in [-0.05, 0) is 35.4 Å². The zero-order valence-corrected chi connectivity index (χ0v) is 14.5. The van der Waals surface area contributed by atoms with Crippen molar-refractivity contribution >= 4 is 21.6 Å². The molecule has 0 saturated heterocycles. The van der Waals surface area contributed by atoms with Crippen LogP contribution in [0.1, 0.15) is 18.1 Å². The first-order chi connectivity index (χ1) is 11.7. The number of hydrogen-bond acceptors (Lipinski definition) is 3. The molecule has 132 valence electrons. The largest absolute Gasteiger partial charge is 0.334 e. The molecule has 5 nitrogen and oxygen atoms in total. The molecule has 0 spiro atoms. The van der Waals surface area contributed by atoms with Crippen LogP contribution in [0.3, 0.4) is 0 Å². The van der Waals surface area contributed by atoms with Gasteiger partial charge in [-0.25, -0.2) is 17.2 Å². The van der Waals surface area contributed by atoms with Gasteiger partial charge in [0, 0.05) is 33.1 Å². The normalized spacial score (nSPS) is 13.7. The molecule has 25 heavy (non-hydrogen) atoms. The van der Waals surface area contributed by atoms with Gasteiger partial charge in [0.2, 0.25) is 5.91 Å². The third kappa shape index (κ3) is 3.09. The zero-order valence-electron chi connectivity index (χ0n) is 13.7. The second kappa shape index (κ2) is 6.11. The Kier molecular flexibility index (Phi) is 4.24. The SMILES string of the molecule is CC(=O)N1Cc2ccc(S(=O)(=O)N(C)c3ccc(F)c(F)c3)cc2C1. The van der Waals surface area contributed by atoms with Gasteiger partial charge in [-0.3, -0.25) is 9.10 Å². The number of rotatable bonds is 3. The van der Waals surface area contributed by atoms with Crippen LogP contribution in [0.5, 0.6) is 0 Å². The molecular formula is C17H16F2N2O3S. The molecule has 1 aliphatic rings. The van der Waals surface area contributed by atoms with Crippen LogP contribution in [-0.4, -0.2) is 26.3 Å². The molecule has 0 saturated carbocycles. The maximum absolute atomic E-state index is 13.4. The first-order valence-electron chi connectivity index (χ1n) is 7.51. The lowest BCUT2D eigenvalue weighted by molar-refractivity contribution is -0.129. The minimum absolute atomic E-state index is 0.0183. The van der Waals surface area contributed by atoms with Crippen molar-refractivity contribution in [2.24, 2.45) is 0 Å². The Labute approximate surface area is 144 Å². The first-order valence-corrected chi connectivity index (χ1v) is 8.95. The van der Waals surface area contributed by atoms with Crippen molar-refractivity contribution in [1.82, 2.24) is 4.90 Å². The van der Waals surface area contributed by atoms with Gasteiger partial charge < -0.3 is 4.90 Å². The van der Waals surface area contributed by atoms with Crippen LogP contribution >= 0.6 is 0 Å². The van der Waals surface area contributed by atoms with Crippen molar-refractivity contribution < 1.29 is 22.0 Å². The number of nitrogens with zero attached hydrogens (tertiary/aromatic N) is 2. The highest BCUT2D eigenvalue weighted by molar-refractivity contribution is 7.92. The number of fused-ring (bicyclic) bond motifs is 1. The number of amides is 1. The number of halogens is 2. The van der Waals surface area contributed by atoms with Crippen LogP contribution in [0.4, 0.5) is 14.5 Å². The minimum Gasteiger partial charge on any atom is -0.334 e. The lowest BCUT2D eigenvalue weighted by atomic mass is 10.1. The van der Waals surface area contributed by atoms with Gasteiger partial charge in [-0.1, -0.05) is 6.07 Å². The van der Waals surface area contributed by atoms with E-state index in [2.05, 4.69) is 0 Å². The smallest absolute Gasteiger partial charge is 0.264 e. The molecule has 1 heterocycles. The van der Waals surface area contributed by atoms with E-state index in [0.29, 0.717) is 13.1 Å². The van der Waals surface area contributed by atoms with Crippen LogP contribution in [0, 0.1) is 11.6 Å². The molecule has 8 heteroatoms. The van der Waals surface area contributed by atoms with Gasteiger partial charge in [0.1, 0.15) is 0 Å². The molecule has 0 N–H and O–H groups in total. The highest BCUT2D eigenvalue weighted by Gasteiger charge is 2.26. The summed E-state index contributed by atoms with van der Waals surface area (Å²) in [5, 5.41) is 0. The molecule has 1 amide bonds. The number of benzene rings is 2. The van der Waals surface area contributed by atoms with E-state index in [0.717, 1.165) is 27.6 Å².